The predicted molar refractivity (Wildman–Crippen MR) is 146 cm³/mol. The smallest absolute Gasteiger partial charge is 0.244 e. The highest BCUT2D eigenvalue weighted by atomic mass is 79.9. The maximum absolute atomic E-state index is 13.8. The largest absolute Gasteiger partial charge is 0.357 e. The van der Waals surface area contributed by atoms with E-state index in [1.165, 1.54) is 11.9 Å². The Bertz CT molecular complexity index is 1300. The third-order valence-electron chi connectivity index (χ3n) is 5.58. The van der Waals surface area contributed by atoms with E-state index in [2.05, 4.69) is 21.2 Å². The molecule has 0 fully saturated rings. The molecular formula is C26H27BrClN3O4S. The summed E-state index contributed by atoms with van der Waals surface area (Å²) in [6.07, 6.45) is 1.30. The molecule has 0 saturated carbocycles. The molecule has 0 aliphatic heterocycles. The van der Waals surface area contributed by atoms with Crippen LogP contribution < -0.4 is 9.62 Å². The number of nitrogens with one attached hydrogen (secondary N) is 1. The number of likely N-dealkylation sites (N-methyl/N-ethyl adjacent to an activating group) is 1. The highest BCUT2D eigenvalue weighted by molar-refractivity contribution is 9.10. The van der Waals surface area contributed by atoms with E-state index in [9.17, 15) is 18.0 Å². The molecule has 0 saturated heterocycles. The van der Waals surface area contributed by atoms with Crippen LogP contribution in [0.25, 0.3) is 0 Å². The number of anilines is 1. The topological polar surface area (TPSA) is 86.8 Å². The highest BCUT2D eigenvalue weighted by Crippen LogP contribution is 2.28. The Morgan fingerprint density at radius 1 is 0.944 bits per heavy atom. The maximum atomic E-state index is 13.8. The molecule has 0 heterocycles. The summed E-state index contributed by atoms with van der Waals surface area (Å²) in [4.78, 5) is 28.3. The number of carbonyl (C=O) groups excluding carboxylic acids is 2. The number of halogens is 2. The standard InChI is InChI=1S/C26H27BrClN3O4S/c1-29-26(33)24(16-19-8-4-3-5-9-19)30(17-20-12-14-21(28)15-13-20)25(32)18-31(36(2,34)35)23-11-7-6-10-22(23)27/h3-15,24H,16-18H2,1-2H3,(H,29,33)/t24-/m1/s1. The molecule has 0 aliphatic carbocycles. The molecule has 190 valence electrons. The Kier molecular flexibility index (Phi) is 9.53. The number of sulfonamides is 1. The highest BCUT2D eigenvalue weighted by Gasteiger charge is 2.33. The molecule has 7 nitrogen and oxygen atoms in total. The van der Waals surface area contributed by atoms with E-state index in [1.54, 1.807) is 48.5 Å². The second-order valence-electron chi connectivity index (χ2n) is 8.19. The van der Waals surface area contributed by atoms with E-state index in [0.717, 1.165) is 21.7 Å². The lowest BCUT2D eigenvalue weighted by Crippen LogP contribution is -2.52. The predicted octanol–water partition coefficient (Wildman–Crippen LogP) is 4.25. The first-order valence-electron chi connectivity index (χ1n) is 11.1. The molecule has 10 heteroatoms. The number of benzene rings is 3. The van der Waals surface area contributed by atoms with Gasteiger partial charge >= 0.3 is 0 Å². The first-order chi connectivity index (χ1) is 17.1. The minimum atomic E-state index is -3.82. The fourth-order valence-corrected chi connectivity index (χ4v) is 5.36. The second-order valence-corrected chi connectivity index (χ2v) is 11.4. The van der Waals surface area contributed by atoms with Crippen molar-refractivity contribution < 1.29 is 18.0 Å². The van der Waals surface area contributed by atoms with Gasteiger partial charge in [-0.05, 0) is 51.3 Å². The SMILES string of the molecule is CNC(=O)[C@@H](Cc1ccccc1)N(Cc1ccc(Cl)cc1)C(=O)CN(c1ccccc1Br)S(C)(=O)=O. The summed E-state index contributed by atoms with van der Waals surface area (Å²) < 4.78 is 27.0. The molecule has 3 aromatic carbocycles. The zero-order chi connectivity index (χ0) is 26.3. The van der Waals surface area contributed by atoms with E-state index >= 15 is 0 Å². The number of amides is 2. The quantitative estimate of drug-likeness (QED) is 0.381. The zero-order valence-corrected chi connectivity index (χ0v) is 23.1. The summed E-state index contributed by atoms with van der Waals surface area (Å²) in [6, 6.07) is 22.2. The third kappa shape index (κ3) is 7.32. The minimum absolute atomic E-state index is 0.0917. The van der Waals surface area contributed by atoms with Crippen LogP contribution in [0.5, 0.6) is 0 Å². The van der Waals surface area contributed by atoms with E-state index in [0.29, 0.717) is 15.2 Å². The van der Waals surface area contributed by atoms with Gasteiger partial charge in [-0.2, -0.15) is 0 Å². The van der Waals surface area contributed by atoms with Gasteiger partial charge in [0.05, 0.1) is 11.9 Å². The molecule has 3 rings (SSSR count). The number of hydrogen-bond donors (Lipinski definition) is 1. The Morgan fingerprint density at radius 3 is 2.14 bits per heavy atom. The normalized spacial score (nSPS) is 12.0. The van der Waals surface area contributed by atoms with Crippen molar-refractivity contribution in [2.75, 3.05) is 24.2 Å². The van der Waals surface area contributed by atoms with Crippen molar-refractivity contribution >= 4 is 55.1 Å². The van der Waals surface area contributed by atoms with Gasteiger partial charge in [0, 0.05) is 29.5 Å². The zero-order valence-electron chi connectivity index (χ0n) is 19.9. The van der Waals surface area contributed by atoms with E-state index in [-0.39, 0.29) is 18.9 Å². The Labute approximate surface area is 225 Å². The van der Waals surface area contributed by atoms with E-state index in [1.807, 2.05) is 30.3 Å². The Balaban J connectivity index is 2.03. The monoisotopic (exact) mass is 591 g/mol. The molecule has 0 spiro atoms. The molecule has 3 aromatic rings. The lowest BCUT2D eigenvalue weighted by molar-refractivity contribution is -0.139. The average Bonchev–Trinajstić information content (AvgIpc) is 2.85. The lowest BCUT2D eigenvalue weighted by Gasteiger charge is -2.33. The summed E-state index contributed by atoms with van der Waals surface area (Å²) >= 11 is 9.41. The van der Waals surface area contributed by atoms with Crippen LogP contribution in [0.2, 0.25) is 5.02 Å². The molecule has 1 atom stereocenters. The number of nitrogens with zero attached hydrogens (tertiary/aromatic N) is 2. The third-order valence-corrected chi connectivity index (χ3v) is 7.63. The minimum Gasteiger partial charge on any atom is -0.357 e. The second kappa shape index (κ2) is 12.4. The summed E-state index contributed by atoms with van der Waals surface area (Å²) in [5, 5.41) is 3.19. The van der Waals surface area contributed by atoms with Crippen molar-refractivity contribution in [3.8, 4) is 0 Å². The van der Waals surface area contributed by atoms with Gasteiger partial charge in [0.2, 0.25) is 21.8 Å². The van der Waals surface area contributed by atoms with Crippen molar-refractivity contribution in [2.24, 2.45) is 0 Å². The maximum Gasteiger partial charge on any atom is 0.244 e. The van der Waals surface area contributed by atoms with Gasteiger partial charge in [0.1, 0.15) is 12.6 Å². The van der Waals surface area contributed by atoms with Crippen molar-refractivity contribution in [3.05, 3.63) is 99.5 Å². The van der Waals surface area contributed by atoms with Crippen LogP contribution >= 0.6 is 27.5 Å². The molecule has 0 unspecified atom stereocenters. The average molecular weight is 593 g/mol. The first kappa shape index (κ1) is 27.7. The van der Waals surface area contributed by atoms with Crippen LogP contribution in [0.1, 0.15) is 11.1 Å². The Hall–Kier alpha value is -2.88. The van der Waals surface area contributed by atoms with Gasteiger partial charge in [-0.15, -0.1) is 0 Å². The lowest BCUT2D eigenvalue weighted by atomic mass is 10.0. The van der Waals surface area contributed by atoms with Gasteiger partial charge in [-0.3, -0.25) is 13.9 Å². The van der Waals surface area contributed by atoms with Crippen molar-refractivity contribution in [1.29, 1.82) is 0 Å². The fourth-order valence-electron chi connectivity index (χ4n) is 3.76. The Morgan fingerprint density at radius 2 is 1.56 bits per heavy atom. The summed E-state index contributed by atoms with van der Waals surface area (Å²) in [6.45, 7) is -0.383. The molecule has 0 radical (unpaired) electrons. The molecular weight excluding hydrogens is 566 g/mol. The number of hydrogen-bond acceptors (Lipinski definition) is 4. The summed E-state index contributed by atoms with van der Waals surface area (Å²) in [5.74, 6) is -0.872. The van der Waals surface area contributed by atoms with Crippen LogP contribution in [0, 0.1) is 0 Å². The van der Waals surface area contributed by atoms with E-state index < -0.39 is 28.5 Å². The van der Waals surface area contributed by atoms with Gasteiger partial charge in [0.15, 0.2) is 0 Å². The van der Waals surface area contributed by atoms with Crippen LogP contribution in [-0.2, 0) is 32.6 Å². The molecule has 36 heavy (non-hydrogen) atoms. The number of rotatable bonds is 10. The molecule has 0 bridgehead atoms. The van der Waals surface area contributed by atoms with Gasteiger partial charge in [0.25, 0.3) is 0 Å². The van der Waals surface area contributed by atoms with Crippen LogP contribution in [0.15, 0.2) is 83.3 Å². The summed E-state index contributed by atoms with van der Waals surface area (Å²) in [5.41, 5.74) is 1.95. The van der Waals surface area contributed by atoms with Crippen molar-refractivity contribution in [3.63, 3.8) is 0 Å². The van der Waals surface area contributed by atoms with Crippen LogP contribution in [-0.4, -0.2) is 51.0 Å². The first-order valence-corrected chi connectivity index (χ1v) is 14.1. The van der Waals surface area contributed by atoms with Crippen LogP contribution in [0.3, 0.4) is 0 Å². The van der Waals surface area contributed by atoms with Crippen LogP contribution in [0.4, 0.5) is 5.69 Å². The summed E-state index contributed by atoms with van der Waals surface area (Å²) in [7, 11) is -2.31. The molecule has 2 amide bonds. The molecule has 0 aromatic heterocycles. The van der Waals surface area contributed by atoms with E-state index in [4.69, 9.17) is 11.6 Å². The van der Waals surface area contributed by atoms with Gasteiger partial charge < -0.3 is 10.2 Å². The van der Waals surface area contributed by atoms with Gasteiger partial charge in [-0.25, -0.2) is 8.42 Å². The number of carbonyl (C=O) groups is 2. The fraction of sp³-hybridized carbons (Fsp3) is 0.231. The molecule has 0 aliphatic rings. The van der Waals surface area contributed by atoms with Gasteiger partial charge in [-0.1, -0.05) is 66.2 Å². The van der Waals surface area contributed by atoms with Crippen molar-refractivity contribution in [2.45, 2.75) is 19.0 Å². The molecule has 1 N–H and O–H groups in total. The number of para-hydroxylation sites is 1. The van der Waals surface area contributed by atoms with Crippen molar-refractivity contribution in [1.82, 2.24) is 10.2 Å².